The van der Waals surface area contributed by atoms with Gasteiger partial charge in [-0.2, -0.15) is 13.2 Å². The van der Waals surface area contributed by atoms with Gasteiger partial charge in [0.05, 0.1) is 5.56 Å². The summed E-state index contributed by atoms with van der Waals surface area (Å²) in [6, 6.07) is 8.40. The first-order valence-electron chi connectivity index (χ1n) is 6.24. The predicted molar refractivity (Wildman–Crippen MR) is 73.6 cm³/mol. The van der Waals surface area contributed by atoms with Gasteiger partial charge >= 0.3 is 6.18 Å². The second-order valence-electron chi connectivity index (χ2n) is 5.55. The molecule has 3 rings (SSSR count). The number of alkyl halides is 3. The average molecular weight is 296 g/mol. The Balaban J connectivity index is 2.32. The summed E-state index contributed by atoms with van der Waals surface area (Å²) in [7, 11) is -2.25. The maximum atomic E-state index is 14.1. The average Bonchev–Trinajstić information content (AvgIpc) is 2.58. The molecule has 0 fully saturated rings. The highest BCUT2D eigenvalue weighted by atomic mass is 28.3. The van der Waals surface area contributed by atoms with Crippen LogP contribution in [0.15, 0.2) is 36.4 Å². The van der Waals surface area contributed by atoms with E-state index >= 15 is 0 Å². The molecule has 0 unspecified atom stereocenters. The van der Waals surface area contributed by atoms with E-state index < -0.39 is 19.8 Å². The second kappa shape index (κ2) is 3.94. The molecular weight excluding hydrogens is 284 g/mol. The molecule has 2 aromatic carbocycles. The van der Waals surface area contributed by atoms with Crippen LogP contribution in [0.1, 0.15) is 5.56 Å². The highest BCUT2D eigenvalue weighted by Gasteiger charge is 2.41. The highest BCUT2D eigenvalue weighted by Crippen LogP contribution is 2.35. The molecule has 0 spiro atoms. The van der Waals surface area contributed by atoms with Crippen molar-refractivity contribution in [1.82, 2.24) is 0 Å². The smallest absolute Gasteiger partial charge is 0.207 e. The number of fused-ring (bicyclic) bond motifs is 3. The van der Waals surface area contributed by atoms with Gasteiger partial charge in [-0.1, -0.05) is 37.4 Å². The van der Waals surface area contributed by atoms with Gasteiger partial charge < -0.3 is 0 Å². The number of rotatable bonds is 0. The lowest BCUT2D eigenvalue weighted by molar-refractivity contribution is -0.137. The van der Waals surface area contributed by atoms with Gasteiger partial charge in [-0.3, -0.25) is 0 Å². The Morgan fingerprint density at radius 1 is 0.950 bits per heavy atom. The summed E-state index contributed by atoms with van der Waals surface area (Å²) in [4.78, 5) is 0. The quantitative estimate of drug-likeness (QED) is 0.514. The molecule has 0 aromatic heterocycles. The van der Waals surface area contributed by atoms with E-state index in [0.717, 1.165) is 17.3 Å². The molecule has 104 valence electrons. The molecule has 0 radical (unpaired) electrons. The zero-order chi connectivity index (χ0) is 14.7. The molecular formula is C15H12F4Si. The first-order valence-corrected chi connectivity index (χ1v) is 9.24. The fourth-order valence-electron chi connectivity index (χ4n) is 3.01. The summed E-state index contributed by atoms with van der Waals surface area (Å²) in [6.45, 7) is 3.93. The first kappa shape index (κ1) is 13.4. The molecule has 1 aliphatic rings. The molecule has 0 bridgehead atoms. The van der Waals surface area contributed by atoms with E-state index in [9.17, 15) is 17.6 Å². The Bertz CT molecular complexity index is 702. The molecule has 0 nitrogen and oxygen atoms in total. The minimum absolute atomic E-state index is 0.316. The van der Waals surface area contributed by atoms with Crippen molar-refractivity contribution in [3.8, 4) is 11.1 Å². The number of hydrogen-bond donors (Lipinski definition) is 0. The number of hydrogen-bond acceptors (Lipinski definition) is 0. The molecule has 5 heteroatoms. The summed E-state index contributed by atoms with van der Waals surface area (Å²) in [5.74, 6) is -0.316. The van der Waals surface area contributed by atoms with Crippen LogP contribution in [-0.2, 0) is 6.18 Å². The normalized spacial score (nSPS) is 15.9. The summed E-state index contributed by atoms with van der Waals surface area (Å²) in [5.41, 5.74) is 0.465. The van der Waals surface area contributed by atoms with Crippen molar-refractivity contribution in [2.24, 2.45) is 0 Å². The molecule has 1 aliphatic heterocycles. The fourth-order valence-corrected chi connectivity index (χ4v) is 6.23. The summed E-state index contributed by atoms with van der Waals surface area (Å²) >= 11 is 0. The Morgan fingerprint density at radius 3 is 2.30 bits per heavy atom. The lowest BCUT2D eigenvalue weighted by Crippen LogP contribution is -2.50. The monoisotopic (exact) mass is 296 g/mol. The van der Waals surface area contributed by atoms with Crippen LogP contribution in [0, 0.1) is 5.82 Å². The van der Waals surface area contributed by atoms with Crippen molar-refractivity contribution >= 4 is 18.4 Å². The number of halogens is 4. The van der Waals surface area contributed by atoms with Gasteiger partial charge in [-0.15, -0.1) is 0 Å². The van der Waals surface area contributed by atoms with E-state index in [1.54, 1.807) is 12.1 Å². The van der Waals surface area contributed by atoms with Crippen LogP contribution in [-0.4, -0.2) is 8.07 Å². The molecule has 0 saturated heterocycles. The molecule has 0 atom stereocenters. The Kier molecular flexibility index (Phi) is 2.64. The summed E-state index contributed by atoms with van der Waals surface area (Å²) < 4.78 is 52.6. The van der Waals surface area contributed by atoms with Crippen LogP contribution in [0.2, 0.25) is 13.1 Å². The Hall–Kier alpha value is -1.62. The van der Waals surface area contributed by atoms with Gasteiger partial charge in [0.1, 0.15) is 13.9 Å². The van der Waals surface area contributed by atoms with Gasteiger partial charge in [0.15, 0.2) is 0 Å². The van der Waals surface area contributed by atoms with Crippen LogP contribution in [0.25, 0.3) is 11.1 Å². The van der Waals surface area contributed by atoms with Crippen LogP contribution >= 0.6 is 0 Å². The molecule has 0 N–H and O–H groups in total. The minimum atomic E-state index is -4.38. The highest BCUT2D eigenvalue weighted by molar-refractivity contribution is 7.03. The van der Waals surface area contributed by atoms with Gasteiger partial charge in [0.2, 0.25) is 0 Å². The molecule has 2 aromatic rings. The lowest BCUT2D eigenvalue weighted by Gasteiger charge is -2.19. The van der Waals surface area contributed by atoms with Crippen molar-refractivity contribution < 1.29 is 17.6 Å². The van der Waals surface area contributed by atoms with Crippen molar-refractivity contribution in [1.29, 1.82) is 0 Å². The van der Waals surface area contributed by atoms with Crippen molar-refractivity contribution in [2.75, 3.05) is 0 Å². The largest absolute Gasteiger partial charge is 0.416 e. The van der Waals surface area contributed by atoms with Gasteiger partial charge in [0, 0.05) is 0 Å². The predicted octanol–water partition coefficient (Wildman–Crippen LogP) is 3.65. The standard InChI is InChI=1S/C15H12F4Si/c1-20(2)13-7-6-9(15(17,18)19)8-11(13)10-4-3-5-12(16)14(10)20/h3-8H,1-2H3. The van der Waals surface area contributed by atoms with E-state index in [2.05, 4.69) is 0 Å². The molecule has 1 heterocycles. The SMILES string of the molecule is C[Si]1(C)c2ccc(C(F)(F)F)cc2-c2cccc(F)c21. The topological polar surface area (TPSA) is 0 Å². The number of benzene rings is 2. The third-order valence-corrected chi connectivity index (χ3v) is 7.49. The van der Waals surface area contributed by atoms with E-state index in [1.807, 2.05) is 13.1 Å². The summed E-state index contributed by atoms with van der Waals surface area (Å²) in [6.07, 6.45) is -4.38. The van der Waals surface area contributed by atoms with Gasteiger partial charge in [0.25, 0.3) is 0 Å². The molecule has 0 amide bonds. The van der Waals surface area contributed by atoms with Crippen molar-refractivity contribution in [2.45, 2.75) is 19.3 Å². The van der Waals surface area contributed by atoms with Crippen LogP contribution < -0.4 is 10.4 Å². The Morgan fingerprint density at radius 2 is 1.65 bits per heavy atom. The van der Waals surface area contributed by atoms with Crippen LogP contribution in [0.4, 0.5) is 17.6 Å². The minimum Gasteiger partial charge on any atom is -0.207 e. The summed E-state index contributed by atoms with van der Waals surface area (Å²) in [5, 5.41) is 1.47. The van der Waals surface area contributed by atoms with Crippen LogP contribution in [0.5, 0.6) is 0 Å². The third-order valence-electron chi connectivity index (χ3n) is 3.95. The van der Waals surface area contributed by atoms with E-state index in [-0.39, 0.29) is 5.82 Å². The molecule has 20 heavy (non-hydrogen) atoms. The van der Waals surface area contributed by atoms with Gasteiger partial charge in [-0.05, 0) is 33.6 Å². The van der Waals surface area contributed by atoms with Crippen LogP contribution in [0.3, 0.4) is 0 Å². The van der Waals surface area contributed by atoms with E-state index in [4.69, 9.17) is 0 Å². The van der Waals surface area contributed by atoms with E-state index in [0.29, 0.717) is 16.3 Å². The third kappa shape index (κ3) is 1.73. The maximum absolute atomic E-state index is 14.1. The maximum Gasteiger partial charge on any atom is 0.416 e. The molecule has 0 aliphatic carbocycles. The van der Waals surface area contributed by atoms with Crippen molar-refractivity contribution in [3.63, 3.8) is 0 Å². The van der Waals surface area contributed by atoms with Crippen molar-refractivity contribution in [3.05, 3.63) is 47.8 Å². The first-order chi connectivity index (χ1) is 9.23. The Labute approximate surface area is 115 Å². The fraction of sp³-hybridized carbons (Fsp3) is 0.200. The molecule has 0 saturated carbocycles. The van der Waals surface area contributed by atoms with E-state index in [1.165, 1.54) is 12.1 Å². The zero-order valence-electron chi connectivity index (χ0n) is 11.0. The second-order valence-corrected chi connectivity index (χ2v) is 9.83. The zero-order valence-corrected chi connectivity index (χ0v) is 12.0. The lowest BCUT2D eigenvalue weighted by atomic mass is 10.0. The van der Waals surface area contributed by atoms with Gasteiger partial charge in [-0.25, -0.2) is 4.39 Å².